The molecule has 0 aliphatic rings. The van der Waals surface area contributed by atoms with Crippen LogP contribution < -0.4 is 5.32 Å². The number of rotatable bonds is 8. The van der Waals surface area contributed by atoms with E-state index in [1.54, 1.807) is 34.6 Å². The van der Waals surface area contributed by atoms with Gasteiger partial charge in [-0.05, 0) is 32.8 Å². The predicted octanol–water partition coefficient (Wildman–Crippen LogP) is 3.63. The Kier molecular flexibility index (Phi) is 8.29. The SMILES string of the molecule is CC(C)C(=O)CC[C@H](NC(=O)OC(C)(C)C)C(=O)OCc1ccccc1. The molecule has 1 atom stereocenters. The first-order valence-electron chi connectivity index (χ1n) is 8.81. The van der Waals surface area contributed by atoms with E-state index in [2.05, 4.69) is 5.32 Å². The predicted molar refractivity (Wildman–Crippen MR) is 98.5 cm³/mol. The van der Waals surface area contributed by atoms with Crippen LogP contribution in [0.1, 0.15) is 53.0 Å². The molecule has 0 saturated heterocycles. The molecule has 6 heteroatoms. The smallest absolute Gasteiger partial charge is 0.408 e. The third-order valence-corrected chi connectivity index (χ3v) is 3.52. The number of ketones is 1. The third kappa shape index (κ3) is 8.65. The van der Waals surface area contributed by atoms with E-state index < -0.39 is 23.7 Å². The molecule has 0 spiro atoms. The number of Topliss-reactive ketones (excluding diaryl/α,β-unsaturated/α-hetero) is 1. The van der Waals surface area contributed by atoms with Crippen LogP contribution in [0.5, 0.6) is 0 Å². The van der Waals surface area contributed by atoms with Gasteiger partial charge in [-0.2, -0.15) is 0 Å². The average Bonchev–Trinajstić information content (AvgIpc) is 2.55. The number of carbonyl (C=O) groups excluding carboxylic acids is 3. The van der Waals surface area contributed by atoms with E-state index in [4.69, 9.17) is 9.47 Å². The van der Waals surface area contributed by atoms with Crippen LogP contribution in [0, 0.1) is 5.92 Å². The van der Waals surface area contributed by atoms with Crippen molar-refractivity contribution in [3.63, 3.8) is 0 Å². The average molecular weight is 363 g/mol. The van der Waals surface area contributed by atoms with Gasteiger partial charge >= 0.3 is 12.1 Å². The van der Waals surface area contributed by atoms with Gasteiger partial charge in [0, 0.05) is 12.3 Å². The van der Waals surface area contributed by atoms with E-state index >= 15 is 0 Å². The molecule has 1 aromatic carbocycles. The summed E-state index contributed by atoms with van der Waals surface area (Å²) in [6.07, 6.45) is -0.362. The van der Waals surface area contributed by atoms with Crippen molar-refractivity contribution < 1.29 is 23.9 Å². The van der Waals surface area contributed by atoms with Crippen molar-refractivity contribution in [3.05, 3.63) is 35.9 Å². The Balaban J connectivity index is 2.69. The lowest BCUT2D eigenvalue weighted by Crippen LogP contribution is -2.44. The Hall–Kier alpha value is -2.37. The molecule has 0 aromatic heterocycles. The van der Waals surface area contributed by atoms with E-state index in [0.717, 1.165) is 5.56 Å². The number of ether oxygens (including phenoxy) is 2. The first-order chi connectivity index (χ1) is 12.1. The molecule has 1 aromatic rings. The maximum atomic E-state index is 12.4. The van der Waals surface area contributed by atoms with Gasteiger partial charge in [0.1, 0.15) is 24.0 Å². The van der Waals surface area contributed by atoms with Crippen LogP contribution in [-0.4, -0.2) is 29.5 Å². The van der Waals surface area contributed by atoms with Gasteiger partial charge in [0.15, 0.2) is 0 Å². The number of amides is 1. The van der Waals surface area contributed by atoms with Gasteiger partial charge in [0.05, 0.1) is 0 Å². The van der Waals surface area contributed by atoms with Gasteiger partial charge < -0.3 is 14.8 Å². The van der Waals surface area contributed by atoms with Gasteiger partial charge in [0.25, 0.3) is 0 Å². The molecule has 6 nitrogen and oxygen atoms in total. The Morgan fingerprint density at radius 1 is 1.08 bits per heavy atom. The number of benzene rings is 1. The molecule has 0 aliphatic carbocycles. The highest BCUT2D eigenvalue weighted by molar-refractivity contribution is 5.84. The van der Waals surface area contributed by atoms with Gasteiger partial charge in [0.2, 0.25) is 0 Å². The summed E-state index contributed by atoms with van der Waals surface area (Å²) in [7, 11) is 0. The summed E-state index contributed by atoms with van der Waals surface area (Å²) in [5.74, 6) is -0.689. The highest BCUT2D eigenvalue weighted by atomic mass is 16.6. The van der Waals surface area contributed by atoms with Crippen molar-refractivity contribution in [2.24, 2.45) is 5.92 Å². The second-order valence-corrected chi connectivity index (χ2v) is 7.45. The van der Waals surface area contributed by atoms with Crippen LogP contribution in [0.2, 0.25) is 0 Å². The third-order valence-electron chi connectivity index (χ3n) is 3.52. The maximum absolute atomic E-state index is 12.4. The first kappa shape index (κ1) is 21.7. The summed E-state index contributed by atoms with van der Waals surface area (Å²) in [5.41, 5.74) is 0.159. The van der Waals surface area contributed by atoms with E-state index in [-0.39, 0.29) is 31.1 Å². The van der Waals surface area contributed by atoms with Crippen LogP contribution in [0.15, 0.2) is 30.3 Å². The zero-order valence-electron chi connectivity index (χ0n) is 16.2. The number of alkyl carbamates (subject to hydrolysis) is 1. The van der Waals surface area contributed by atoms with Crippen LogP contribution in [0.25, 0.3) is 0 Å². The lowest BCUT2D eigenvalue weighted by Gasteiger charge is -2.23. The topological polar surface area (TPSA) is 81.7 Å². The lowest BCUT2D eigenvalue weighted by molar-refractivity contribution is -0.147. The Morgan fingerprint density at radius 3 is 2.23 bits per heavy atom. The van der Waals surface area contributed by atoms with Crippen molar-refractivity contribution in [1.29, 1.82) is 0 Å². The molecule has 0 aliphatic heterocycles. The minimum Gasteiger partial charge on any atom is -0.459 e. The quantitative estimate of drug-likeness (QED) is 0.713. The summed E-state index contributed by atoms with van der Waals surface area (Å²) in [6.45, 7) is 8.90. The largest absolute Gasteiger partial charge is 0.459 e. The molecular formula is C20H29NO5. The Labute approximate surface area is 155 Å². The molecule has 1 rings (SSSR count). The molecule has 26 heavy (non-hydrogen) atoms. The standard InChI is InChI=1S/C20H29NO5/c1-14(2)17(22)12-11-16(21-19(24)26-20(3,4)5)18(23)25-13-15-9-7-6-8-10-15/h6-10,14,16H,11-13H2,1-5H3,(H,21,24)/t16-/m0/s1. The molecule has 0 saturated carbocycles. The van der Waals surface area contributed by atoms with Crippen LogP contribution >= 0.6 is 0 Å². The Morgan fingerprint density at radius 2 is 1.69 bits per heavy atom. The molecule has 0 radical (unpaired) electrons. The van der Waals surface area contributed by atoms with E-state index in [0.29, 0.717) is 0 Å². The van der Waals surface area contributed by atoms with Crippen molar-refractivity contribution in [1.82, 2.24) is 5.32 Å². The fourth-order valence-corrected chi connectivity index (χ4v) is 2.10. The monoisotopic (exact) mass is 363 g/mol. The summed E-state index contributed by atoms with van der Waals surface area (Å²) < 4.78 is 10.5. The summed E-state index contributed by atoms with van der Waals surface area (Å²) in [6, 6.07) is 8.31. The van der Waals surface area contributed by atoms with Gasteiger partial charge in [-0.15, -0.1) is 0 Å². The lowest BCUT2D eigenvalue weighted by atomic mass is 10.0. The number of hydrogen-bond donors (Lipinski definition) is 1. The van der Waals surface area contributed by atoms with Crippen LogP contribution in [-0.2, 0) is 25.7 Å². The maximum Gasteiger partial charge on any atom is 0.408 e. The van der Waals surface area contributed by atoms with Crippen molar-refractivity contribution in [2.75, 3.05) is 0 Å². The number of esters is 1. The highest BCUT2D eigenvalue weighted by Crippen LogP contribution is 2.11. The van der Waals surface area contributed by atoms with E-state index in [1.807, 2.05) is 30.3 Å². The van der Waals surface area contributed by atoms with E-state index in [1.165, 1.54) is 0 Å². The number of carbonyl (C=O) groups is 3. The second-order valence-electron chi connectivity index (χ2n) is 7.45. The van der Waals surface area contributed by atoms with Gasteiger partial charge in [-0.25, -0.2) is 9.59 Å². The highest BCUT2D eigenvalue weighted by Gasteiger charge is 2.26. The zero-order chi connectivity index (χ0) is 19.7. The summed E-state index contributed by atoms with van der Waals surface area (Å²) in [4.78, 5) is 36.3. The van der Waals surface area contributed by atoms with Crippen molar-refractivity contribution >= 4 is 17.8 Å². The molecule has 1 N–H and O–H groups in total. The molecule has 0 unspecified atom stereocenters. The van der Waals surface area contributed by atoms with Gasteiger partial charge in [-0.1, -0.05) is 44.2 Å². The molecule has 1 amide bonds. The summed E-state index contributed by atoms with van der Waals surface area (Å²) >= 11 is 0. The fourth-order valence-electron chi connectivity index (χ4n) is 2.10. The van der Waals surface area contributed by atoms with Crippen molar-refractivity contribution in [3.8, 4) is 0 Å². The minimum absolute atomic E-state index is 0.0249. The Bertz CT molecular complexity index is 604. The second kappa shape index (κ2) is 9.94. The normalized spacial score (nSPS) is 12.4. The summed E-state index contributed by atoms with van der Waals surface area (Å²) in [5, 5.41) is 2.52. The van der Waals surface area contributed by atoms with Crippen molar-refractivity contribution in [2.45, 2.75) is 65.7 Å². The molecule has 0 heterocycles. The zero-order valence-corrected chi connectivity index (χ0v) is 16.2. The molecule has 144 valence electrons. The van der Waals surface area contributed by atoms with Gasteiger partial charge in [-0.3, -0.25) is 4.79 Å². The van der Waals surface area contributed by atoms with E-state index in [9.17, 15) is 14.4 Å². The van der Waals surface area contributed by atoms with Crippen LogP contribution in [0.3, 0.4) is 0 Å². The minimum atomic E-state index is -0.934. The first-order valence-corrected chi connectivity index (χ1v) is 8.81. The molecule has 0 fully saturated rings. The molecule has 0 bridgehead atoms. The number of hydrogen-bond acceptors (Lipinski definition) is 5. The number of nitrogens with one attached hydrogen (secondary N) is 1. The fraction of sp³-hybridized carbons (Fsp3) is 0.550. The van der Waals surface area contributed by atoms with Crippen LogP contribution in [0.4, 0.5) is 4.79 Å². The molecular weight excluding hydrogens is 334 g/mol.